The largest absolute Gasteiger partial charge is 0.383 e. The molecule has 1 aromatic carbocycles. The molecule has 0 bridgehead atoms. The Morgan fingerprint density at radius 1 is 1.48 bits per heavy atom. The van der Waals surface area contributed by atoms with E-state index in [9.17, 15) is 4.79 Å². The van der Waals surface area contributed by atoms with Gasteiger partial charge in [0.15, 0.2) is 0 Å². The van der Waals surface area contributed by atoms with E-state index in [4.69, 9.17) is 10.5 Å². The summed E-state index contributed by atoms with van der Waals surface area (Å²) in [5.74, 6) is 0.934. The number of amides is 1. The van der Waals surface area contributed by atoms with Gasteiger partial charge in [0.1, 0.15) is 6.04 Å². The molecule has 1 fully saturated rings. The highest BCUT2D eigenvalue weighted by atomic mass is 35.5. The Balaban J connectivity index is 0.00000220. The number of nitrogens with two attached hydrogens (primary N) is 1. The zero-order valence-corrected chi connectivity index (χ0v) is 14.0. The summed E-state index contributed by atoms with van der Waals surface area (Å²) in [5, 5.41) is 0.366. The van der Waals surface area contributed by atoms with Gasteiger partial charge in [0.2, 0.25) is 5.91 Å². The first-order chi connectivity index (χ1) is 9.65. The van der Waals surface area contributed by atoms with Crippen molar-refractivity contribution in [3.8, 4) is 0 Å². The molecule has 1 aliphatic rings. The summed E-state index contributed by atoms with van der Waals surface area (Å²) < 4.78 is 5.01. The molecule has 0 radical (unpaired) electrons. The standard InChI is InChI=1S/C15H22N2O2S.ClH/c1-11-14(12-6-4-3-5-7-12)17(8-9-20-11)15(18)13(16)10-19-2;/h3-7,11,13-14H,8-10,16H2,1-2H3;1H. The monoisotopic (exact) mass is 330 g/mol. The Bertz CT molecular complexity index is 447. The highest BCUT2D eigenvalue weighted by molar-refractivity contribution is 8.00. The maximum absolute atomic E-state index is 12.5. The fraction of sp³-hybridized carbons (Fsp3) is 0.533. The SMILES string of the molecule is COCC(N)C(=O)N1CCSC(C)C1c1ccccc1.Cl. The smallest absolute Gasteiger partial charge is 0.242 e. The van der Waals surface area contributed by atoms with Crippen LogP contribution in [0.5, 0.6) is 0 Å². The number of rotatable bonds is 4. The van der Waals surface area contributed by atoms with E-state index in [2.05, 4.69) is 19.1 Å². The van der Waals surface area contributed by atoms with Crippen molar-refractivity contribution >= 4 is 30.1 Å². The molecule has 1 aromatic rings. The third-order valence-corrected chi connectivity index (χ3v) is 4.78. The van der Waals surface area contributed by atoms with E-state index < -0.39 is 6.04 Å². The van der Waals surface area contributed by atoms with Gasteiger partial charge in [0.05, 0.1) is 12.6 Å². The lowest BCUT2D eigenvalue weighted by Crippen LogP contribution is -2.51. The van der Waals surface area contributed by atoms with Gasteiger partial charge in [-0.3, -0.25) is 4.79 Å². The van der Waals surface area contributed by atoms with Gasteiger partial charge < -0.3 is 15.4 Å². The predicted octanol–water partition coefficient (Wildman–Crippen LogP) is 2.09. The lowest BCUT2D eigenvalue weighted by Gasteiger charge is -2.41. The molecule has 118 valence electrons. The molecule has 1 saturated heterocycles. The minimum absolute atomic E-state index is 0. The minimum atomic E-state index is -0.582. The number of hydrogen-bond acceptors (Lipinski definition) is 4. The maximum atomic E-state index is 12.5. The van der Waals surface area contributed by atoms with Gasteiger partial charge in [-0.05, 0) is 5.56 Å². The molecule has 2 N–H and O–H groups in total. The molecule has 0 saturated carbocycles. The van der Waals surface area contributed by atoms with Crippen LogP contribution in [0.4, 0.5) is 0 Å². The topological polar surface area (TPSA) is 55.6 Å². The minimum Gasteiger partial charge on any atom is -0.383 e. The Hall–Kier alpha value is -0.750. The Labute approximate surface area is 136 Å². The average molecular weight is 331 g/mol. The van der Waals surface area contributed by atoms with Crippen LogP contribution in [-0.4, -0.2) is 48.1 Å². The van der Waals surface area contributed by atoms with Gasteiger partial charge >= 0.3 is 0 Å². The number of hydrogen-bond donors (Lipinski definition) is 1. The number of methoxy groups -OCH3 is 1. The molecule has 1 heterocycles. The summed E-state index contributed by atoms with van der Waals surface area (Å²) in [6.45, 7) is 3.17. The maximum Gasteiger partial charge on any atom is 0.242 e. The highest BCUT2D eigenvalue weighted by Crippen LogP contribution is 2.36. The van der Waals surface area contributed by atoms with Crippen molar-refractivity contribution in [1.82, 2.24) is 4.90 Å². The van der Waals surface area contributed by atoms with Gasteiger partial charge in [0, 0.05) is 24.7 Å². The van der Waals surface area contributed by atoms with Crippen LogP contribution in [-0.2, 0) is 9.53 Å². The summed E-state index contributed by atoms with van der Waals surface area (Å²) in [7, 11) is 1.57. The summed E-state index contributed by atoms with van der Waals surface area (Å²) >= 11 is 1.90. The molecule has 1 aliphatic heterocycles. The third-order valence-electron chi connectivity index (χ3n) is 3.58. The van der Waals surface area contributed by atoms with Crippen LogP contribution in [0, 0.1) is 0 Å². The average Bonchev–Trinajstić information content (AvgIpc) is 2.47. The zero-order chi connectivity index (χ0) is 14.5. The van der Waals surface area contributed by atoms with E-state index in [1.807, 2.05) is 34.9 Å². The van der Waals surface area contributed by atoms with Crippen LogP contribution in [0.25, 0.3) is 0 Å². The number of halogens is 1. The molecule has 3 atom stereocenters. The number of thioether (sulfide) groups is 1. The summed E-state index contributed by atoms with van der Waals surface area (Å²) in [5.41, 5.74) is 7.09. The van der Waals surface area contributed by atoms with Gasteiger partial charge in [-0.15, -0.1) is 12.4 Å². The molecule has 1 amide bonds. The van der Waals surface area contributed by atoms with Crippen molar-refractivity contribution in [2.45, 2.75) is 24.3 Å². The van der Waals surface area contributed by atoms with Crippen LogP contribution >= 0.6 is 24.2 Å². The fourth-order valence-corrected chi connectivity index (χ4v) is 3.79. The van der Waals surface area contributed by atoms with Crippen molar-refractivity contribution in [3.63, 3.8) is 0 Å². The first-order valence-electron chi connectivity index (χ1n) is 6.86. The second-order valence-corrected chi connectivity index (χ2v) is 6.51. The Morgan fingerprint density at radius 2 is 2.14 bits per heavy atom. The summed E-state index contributed by atoms with van der Waals surface area (Å²) in [6, 6.07) is 9.68. The molecule has 0 aromatic heterocycles. The van der Waals surface area contributed by atoms with Crippen LogP contribution < -0.4 is 5.73 Å². The summed E-state index contributed by atoms with van der Waals surface area (Å²) in [4.78, 5) is 14.4. The quantitative estimate of drug-likeness (QED) is 0.918. The van der Waals surface area contributed by atoms with E-state index >= 15 is 0 Å². The van der Waals surface area contributed by atoms with Crippen LogP contribution in [0.2, 0.25) is 0 Å². The van der Waals surface area contributed by atoms with Gasteiger partial charge in [0.25, 0.3) is 0 Å². The normalized spacial score (nSPS) is 23.3. The van der Waals surface area contributed by atoms with Crippen molar-refractivity contribution in [2.75, 3.05) is 26.0 Å². The van der Waals surface area contributed by atoms with Crippen LogP contribution in [0.3, 0.4) is 0 Å². The second-order valence-electron chi connectivity index (χ2n) is 5.02. The van der Waals surface area contributed by atoms with Crippen LogP contribution in [0.1, 0.15) is 18.5 Å². The van der Waals surface area contributed by atoms with Gasteiger partial charge in [-0.1, -0.05) is 37.3 Å². The van der Waals surface area contributed by atoms with Crippen molar-refractivity contribution in [2.24, 2.45) is 5.73 Å². The van der Waals surface area contributed by atoms with Gasteiger partial charge in [-0.2, -0.15) is 11.8 Å². The number of benzene rings is 1. The first kappa shape index (κ1) is 18.3. The molecule has 0 aliphatic carbocycles. The molecular formula is C15H23ClN2O2S. The van der Waals surface area contributed by atoms with Crippen LogP contribution in [0.15, 0.2) is 30.3 Å². The lowest BCUT2D eigenvalue weighted by molar-refractivity contribution is -0.136. The fourth-order valence-electron chi connectivity index (χ4n) is 2.63. The van der Waals surface area contributed by atoms with E-state index in [0.717, 1.165) is 12.3 Å². The van der Waals surface area contributed by atoms with Gasteiger partial charge in [-0.25, -0.2) is 0 Å². The molecule has 4 nitrogen and oxygen atoms in total. The molecule has 3 unspecified atom stereocenters. The Kier molecular flexibility index (Phi) is 7.52. The number of nitrogens with zero attached hydrogens (tertiary/aromatic N) is 1. The highest BCUT2D eigenvalue weighted by Gasteiger charge is 2.35. The van der Waals surface area contributed by atoms with E-state index in [-0.39, 0.29) is 31.0 Å². The molecule has 0 spiro atoms. The van der Waals surface area contributed by atoms with E-state index in [0.29, 0.717) is 5.25 Å². The van der Waals surface area contributed by atoms with Crippen molar-refractivity contribution in [3.05, 3.63) is 35.9 Å². The van der Waals surface area contributed by atoms with Crippen molar-refractivity contribution < 1.29 is 9.53 Å². The zero-order valence-electron chi connectivity index (χ0n) is 12.4. The number of ether oxygens (including phenoxy) is 1. The number of carbonyl (C=O) groups is 1. The molecular weight excluding hydrogens is 308 g/mol. The number of carbonyl (C=O) groups excluding carboxylic acids is 1. The molecule has 2 rings (SSSR count). The lowest BCUT2D eigenvalue weighted by atomic mass is 10.0. The first-order valence-corrected chi connectivity index (χ1v) is 7.91. The van der Waals surface area contributed by atoms with E-state index in [1.54, 1.807) is 7.11 Å². The second kappa shape index (κ2) is 8.63. The third kappa shape index (κ3) is 4.36. The van der Waals surface area contributed by atoms with Crippen molar-refractivity contribution in [1.29, 1.82) is 0 Å². The predicted molar refractivity (Wildman–Crippen MR) is 89.9 cm³/mol. The van der Waals surface area contributed by atoms with E-state index in [1.165, 1.54) is 5.56 Å². The summed E-state index contributed by atoms with van der Waals surface area (Å²) in [6.07, 6.45) is 0. The Morgan fingerprint density at radius 3 is 2.76 bits per heavy atom. The molecule has 21 heavy (non-hydrogen) atoms. The molecule has 6 heteroatoms.